The summed E-state index contributed by atoms with van der Waals surface area (Å²) < 4.78 is 0. The zero-order valence-corrected chi connectivity index (χ0v) is 14.3. The first kappa shape index (κ1) is 16.3. The van der Waals surface area contributed by atoms with Crippen molar-refractivity contribution in [2.24, 2.45) is 0 Å². The Morgan fingerprint density at radius 3 is 2.88 bits per heavy atom. The number of aromatic nitrogens is 1. The molecule has 1 unspecified atom stereocenters. The van der Waals surface area contributed by atoms with Crippen LogP contribution in [0.4, 0.5) is 10.5 Å². The third kappa shape index (κ3) is 3.67. The number of nitrogens with one attached hydrogen (secondary N) is 1. The second-order valence-electron chi connectivity index (χ2n) is 6.28. The Morgan fingerprint density at radius 1 is 1.29 bits per heavy atom. The summed E-state index contributed by atoms with van der Waals surface area (Å²) in [5.74, 6) is 0. The molecular formula is C19H24N4O. The van der Waals surface area contributed by atoms with Crippen molar-refractivity contribution in [3.8, 4) is 0 Å². The molecule has 0 aliphatic carbocycles. The molecule has 1 aromatic heterocycles. The molecule has 0 saturated heterocycles. The van der Waals surface area contributed by atoms with E-state index < -0.39 is 0 Å². The summed E-state index contributed by atoms with van der Waals surface area (Å²) in [5.41, 5.74) is 3.57. The van der Waals surface area contributed by atoms with E-state index >= 15 is 0 Å². The lowest BCUT2D eigenvalue weighted by Gasteiger charge is -2.25. The molecule has 2 heterocycles. The lowest BCUT2D eigenvalue weighted by atomic mass is 10.1. The van der Waals surface area contributed by atoms with Gasteiger partial charge in [0.2, 0.25) is 0 Å². The number of urea groups is 1. The van der Waals surface area contributed by atoms with E-state index in [-0.39, 0.29) is 6.03 Å². The second-order valence-corrected chi connectivity index (χ2v) is 6.28. The molecule has 1 aromatic carbocycles. The largest absolute Gasteiger partial charge is 0.367 e. The van der Waals surface area contributed by atoms with Crippen LogP contribution in [0.5, 0.6) is 0 Å². The third-order valence-electron chi connectivity index (χ3n) is 4.45. The minimum absolute atomic E-state index is 0.0687. The van der Waals surface area contributed by atoms with Crippen molar-refractivity contribution in [3.63, 3.8) is 0 Å². The van der Waals surface area contributed by atoms with Crippen LogP contribution in [-0.2, 0) is 13.0 Å². The van der Waals surface area contributed by atoms with Gasteiger partial charge in [-0.15, -0.1) is 0 Å². The van der Waals surface area contributed by atoms with Gasteiger partial charge in [0.25, 0.3) is 0 Å². The number of hydrogen-bond acceptors (Lipinski definition) is 3. The van der Waals surface area contributed by atoms with E-state index in [9.17, 15) is 4.79 Å². The molecule has 1 atom stereocenters. The van der Waals surface area contributed by atoms with Crippen molar-refractivity contribution in [3.05, 3.63) is 59.9 Å². The topological polar surface area (TPSA) is 48.5 Å². The molecule has 1 aliphatic heterocycles. The molecule has 3 rings (SSSR count). The highest BCUT2D eigenvalue weighted by molar-refractivity contribution is 5.73. The monoisotopic (exact) mass is 324 g/mol. The number of nitrogens with zero attached hydrogens (tertiary/aromatic N) is 3. The van der Waals surface area contributed by atoms with Gasteiger partial charge in [0.15, 0.2) is 0 Å². The van der Waals surface area contributed by atoms with E-state index in [1.54, 1.807) is 18.1 Å². The molecule has 2 amide bonds. The lowest BCUT2D eigenvalue weighted by Crippen LogP contribution is -2.42. The van der Waals surface area contributed by atoms with E-state index in [2.05, 4.69) is 46.4 Å². The van der Waals surface area contributed by atoms with Crippen LogP contribution in [0.3, 0.4) is 0 Å². The first-order valence-electron chi connectivity index (χ1n) is 8.38. The number of fused-ring (bicyclic) bond motifs is 1. The van der Waals surface area contributed by atoms with Gasteiger partial charge in [0, 0.05) is 38.1 Å². The summed E-state index contributed by atoms with van der Waals surface area (Å²) >= 11 is 0. The summed E-state index contributed by atoms with van der Waals surface area (Å²) in [6.07, 6.45) is 2.82. The zero-order valence-electron chi connectivity index (χ0n) is 14.3. The van der Waals surface area contributed by atoms with Gasteiger partial charge >= 0.3 is 6.03 Å². The van der Waals surface area contributed by atoms with Crippen molar-refractivity contribution < 1.29 is 4.79 Å². The maximum Gasteiger partial charge on any atom is 0.317 e. The van der Waals surface area contributed by atoms with Crippen LogP contribution < -0.4 is 10.2 Å². The Labute approximate surface area is 143 Å². The molecule has 126 valence electrons. The quantitative estimate of drug-likeness (QED) is 0.920. The summed E-state index contributed by atoms with van der Waals surface area (Å²) in [7, 11) is 1.79. The fourth-order valence-corrected chi connectivity index (χ4v) is 3.20. The maximum absolute atomic E-state index is 12.2. The Balaban J connectivity index is 1.49. The highest BCUT2D eigenvalue weighted by atomic mass is 16.2. The number of pyridine rings is 1. The summed E-state index contributed by atoms with van der Waals surface area (Å²) in [5, 5.41) is 3.00. The Hall–Kier alpha value is -2.56. The Kier molecular flexibility index (Phi) is 4.99. The SMILES string of the molecule is CC1Cc2ccccc2N1CCNC(=O)N(C)Cc1ccccn1. The van der Waals surface area contributed by atoms with Gasteiger partial charge in [-0.1, -0.05) is 24.3 Å². The number of amides is 2. The number of carbonyl (C=O) groups is 1. The second kappa shape index (κ2) is 7.34. The zero-order chi connectivity index (χ0) is 16.9. The number of para-hydroxylation sites is 1. The van der Waals surface area contributed by atoms with Crippen LogP contribution in [-0.4, -0.2) is 42.1 Å². The van der Waals surface area contributed by atoms with Gasteiger partial charge in [0.05, 0.1) is 12.2 Å². The standard InChI is InChI=1S/C19H24N4O/c1-15-13-16-7-3-4-9-18(16)23(15)12-11-21-19(24)22(2)14-17-8-5-6-10-20-17/h3-10,15H,11-14H2,1-2H3,(H,21,24). The van der Waals surface area contributed by atoms with Gasteiger partial charge in [-0.2, -0.15) is 0 Å². The van der Waals surface area contributed by atoms with Gasteiger partial charge in [-0.3, -0.25) is 4.98 Å². The highest BCUT2D eigenvalue weighted by Crippen LogP contribution is 2.31. The predicted octanol–water partition coefficient (Wildman–Crippen LogP) is 2.67. The molecule has 0 bridgehead atoms. The van der Waals surface area contributed by atoms with Crippen molar-refractivity contribution in [1.29, 1.82) is 0 Å². The number of benzene rings is 1. The van der Waals surface area contributed by atoms with Crippen molar-refractivity contribution in [1.82, 2.24) is 15.2 Å². The average molecular weight is 324 g/mol. The molecule has 0 radical (unpaired) electrons. The van der Waals surface area contributed by atoms with Crippen LogP contribution in [0.2, 0.25) is 0 Å². The molecule has 1 aliphatic rings. The normalized spacial score (nSPS) is 15.9. The molecule has 5 heteroatoms. The summed E-state index contributed by atoms with van der Waals surface area (Å²) in [6, 6.07) is 14.6. The van der Waals surface area contributed by atoms with Crippen molar-refractivity contribution in [2.45, 2.75) is 25.9 Å². The number of rotatable bonds is 5. The Bertz CT molecular complexity index is 689. The Morgan fingerprint density at radius 2 is 2.08 bits per heavy atom. The molecule has 1 N–H and O–H groups in total. The first-order chi connectivity index (χ1) is 11.6. The van der Waals surface area contributed by atoms with Gasteiger partial charge in [0.1, 0.15) is 0 Å². The smallest absolute Gasteiger partial charge is 0.317 e. The fraction of sp³-hybridized carbons (Fsp3) is 0.368. The molecule has 0 fully saturated rings. The fourth-order valence-electron chi connectivity index (χ4n) is 3.20. The minimum atomic E-state index is -0.0687. The summed E-state index contributed by atoms with van der Waals surface area (Å²) in [6.45, 7) is 4.19. The number of carbonyl (C=O) groups excluding carboxylic acids is 1. The maximum atomic E-state index is 12.2. The van der Waals surface area contributed by atoms with Crippen LogP contribution in [0, 0.1) is 0 Å². The van der Waals surface area contributed by atoms with Gasteiger partial charge in [-0.25, -0.2) is 4.79 Å². The molecular weight excluding hydrogens is 300 g/mol. The number of hydrogen-bond donors (Lipinski definition) is 1. The highest BCUT2D eigenvalue weighted by Gasteiger charge is 2.25. The van der Waals surface area contributed by atoms with E-state index in [1.807, 2.05) is 18.2 Å². The molecule has 0 spiro atoms. The van der Waals surface area contributed by atoms with Crippen LogP contribution >= 0.6 is 0 Å². The van der Waals surface area contributed by atoms with Gasteiger partial charge in [-0.05, 0) is 37.1 Å². The molecule has 0 saturated carbocycles. The van der Waals surface area contributed by atoms with E-state index in [0.29, 0.717) is 19.1 Å². The lowest BCUT2D eigenvalue weighted by molar-refractivity contribution is 0.206. The van der Waals surface area contributed by atoms with Crippen molar-refractivity contribution in [2.75, 3.05) is 25.0 Å². The predicted molar refractivity (Wildman–Crippen MR) is 96.1 cm³/mol. The molecule has 24 heavy (non-hydrogen) atoms. The summed E-state index contributed by atoms with van der Waals surface area (Å²) in [4.78, 5) is 20.5. The molecule has 5 nitrogen and oxygen atoms in total. The van der Waals surface area contributed by atoms with Crippen LogP contribution in [0.1, 0.15) is 18.2 Å². The molecule has 2 aromatic rings. The van der Waals surface area contributed by atoms with Gasteiger partial charge < -0.3 is 15.1 Å². The van der Waals surface area contributed by atoms with Crippen LogP contribution in [0.25, 0.3) is 0 Å². The number of anilines is 1. The third-order valence-corrected chi connectivity index (χ3v) is 4.45. The average Bonchev–Trinajstić information content (AvgIpc) is 2.91. The van der Waals surface area contributed by atoms with E-state index in [0.717, 1.165) is 18.7 Å². The first-order valence-corrected chi connectivity index (χ1v) is 8.38. The van der Waals surface area contributed by atoms with Crippen LogP contribution in [0.15, 0.2) is 48.7 Å². The van der Waals surface area contributed by atoms with E-state index in [1.165, 1.54) is 11.3 Å². The minimum Gasteiger partial charge on any atom is -0.367 e. The van der Waals surface area contributed by atoms with Crippen molar-refractivity contribution >= 4 is 11.7 Å². The van der Waals surface area contributed by atoms with E-state index in [4.69, 9.17) is 0 Å².